The average molecular weight is 573 g/mol. The monoisotopic (exact) mass is 572 g/mol. The minimum absolute atomic E-state index is 0.0518. The number of hydrogen-bond acceptors (Lipinski definition) is 7. The molecule has 3 aromatic rings. The summed E-state index contributed by atoms with van der Waals surface area (Å²) in [5.41, 5.74) is 0.918. The molecule has 1 amide bonds. The quantitative estimate of drug-likeness (QED) is 0.167. The van der Waals surface area contributed by atoms with Crippen LogP contribution in [0.3, 0.4) is 0 Å². The zero-order valence-corrected chi connectivity index (χ0v) is 23.2. The number of nitrogens with one attached hydrogen (secondary N) is 2. The van der Waals surface area contributed by atoms with Gasteiger partial charge in [-0.15, -0.1) is 0 Å². The summed E-state index contributed by atoms with van der Waals surface area (Å²) in [7, 11) is 3.09. The van der Waals surface area contributed by atoms with E-state index >= 15 is 0 Å². The zero-order chi connectivity index (χ0) is 28.2. The van der Waals surface area contributed by atoms with Gasteiger partial charge in [0.2, 0.25) is 0 Å². The highest BCUT2D eigenvalue weighted by Gasteiger charge is 2.29. The number of rotatable bonds is 13. The van der Waals surface area contributed by atoms with Gasteiger partial charge in [-0.1, -0.05) is 71.7 Å². The SMILES string of the molecule is CNCCCCOc1c(Cl)cc(C(=O)N[C@@H](Cc2ccccc2)C(=O)OC)c(OC(=O)c2ccccc2)c1Cl. The fourth-order valence-corrected chi connectivity index (χ4v) is 4.31. The molecule has 0 spiro atoms. The summed E-state index contributed by atoms with van der Waals surface area (Å²) in [6, 6.07) is 17.7. The second kappa shape index (κ2) is 15.1. The van der Waals surface area contributed by atoms with Crippen LogP contribution in [0.25, 0.3) is 0 Å². The van der Waals surface area contributed by atoms with E-state index in [2.05, 4.69) is 10.6 Å². The van der Waals surface area contributed by atoms with Crippen molar-refractivity contribution in [1.29, 1.82) is 0 Å². The van der Waals surface area contributed by atoms with Gasteiger partial charge in [-0.2, -0.15) is 0 Å². The van der Waals surface area contributed by atoms with Crippen LogP contribution in [-0.2, 0) is 16.0 Å². The number of hydrogen-bond donors (Lipinski definition) is 2. The number of methoxy groups -OCH3 is 1. The van der Waals surface area contributed by atoms with Gasteiger partial charge < -0.3 is 24.8 Å². The third-order valence-electron chi connectivity index (χ3n) is 5.72. The molecule has 0 radical (unpaired) electrons. The average Bonchev–Trinajstić information content (AvgIpc) is 2.95. The van der Waals surface area contributed by atoms with Gasteiger partial charge in [0.25, 0.3) is 5.91 Å². The van der Waals surface area contributed by atoms with E-state index in [4.69, 9.17) is 37.4 Å². The molecular formula is C29H30Cl2N2O6. The smallest absolute Gasteiger partial charge is 0.343 e. The van der Waals surface area contributed by atoms with E-state index in [-0.39, 0.29) is 39.1 Å². The maximum absolute atomic E-state index is 13.5. The van der Waals surface area contributed by atoms with Crippen molar-refractivity contribution in [3.63, 3.8) is 0 Å². The Hall–Kier alpha value is -3.59. The molecule has 206 valence electrons. The van der Waals surface area contributed by atoms with Gasteiger partial charge in [-0.25, -0.2) is 9.59 Å². The van der Waals surface area contributed by atoms with Crippen molar-refractivity contribution >= 4 is 41.0 Å². The minimum Gasteiger partial charge on any atom is -0.490 e. The van der Waals surface area contributed by atoms with Crippen LogP contribution in [0.1, 0.15) is 39.1 Å². The topological polar surface area (TPSA) is 103 Å². The van der Waals surface area contributed by atoms with Crippen LogP contribution in [0.4, 0.5) is 0 Å². The van der Waals surface area contributed by atoms with Crippen LogP contribution in [0.15, 0.2) is 66.7 Å². The molecule has 0 aromatic heterocycles. The van der Waals surface area contributed by atoms with Gasteiger partial charge in [0.05, 0.1) is 29.9 Å². The van der Waals surface area contributed by atoms with Gasteiger partial charge in [0.1, 0.15) is 11.1 Å². The number of halogens is 2. The molecule has 0 saturated heterocycles. The van der Waals surface area contributed by atoms with Gasteiger partial charge in [-0.05, 0) is 50.2 Å². The molecule has 0 aliphatic rings. The first-order valence-electron chi connectivity index (χ1n) is 12.3. The Morgan fingerprint density at radius 3 is 2.23 bits per heavy atom. The first kappa shape index (κ1) is 30.0. The van der Waals surface area contributed by atoms with Crippen molar-refractivity contribution in [3.05, 3.63) is 93.5 Å². The summed E-state index contributed by atoms with van der Waals surface area (Å²) in [4.78, 5) is 38.9. The molecule has 0 fully saturated rings. The maximum Gasteiger partial charge on any atom is 0.343 e. The van der Waals surface area contributed by atoms with Gasteiger partial charge in [0.15, 0.2) is 11.5 Å². The van der Waals surface area contributed by atoms with E-state index in [1.54, 1.807) is 30.3 Å². The van der Waals surface area contributed by atoms with Crippen molar-refractivity contribution in [2.75, 3.05) is 27.3 Å². The maximum atomic E-state index is 13.5. The lowest BCUT2D eigenvalue weighted by atomic mass is 10.1. The predicted molar refractivity (Wildman–Crippen MR) is 150 cm³/mol. The number of esters is 2. The Bertz CT molecular complexity index is 1270. The molecule has 0 aliphatic carbocycles. The fraction of sp³-hybridized carbons (Fsp3) is 0.276. The van der Waals surface area contributed by atoms with Gasteiger partial charge in [0, 0.05) is 6.42 Å². The van der Waals surface area contributed by atoms with Crippen LogP contribution >= 0.6 is 23.2 Å². The van der Waals surface area contributed by atoms with Crippen molar-refractivity contribution < 1.29 is 28.6 Å². The molecule has 3 rings (SSSR count). The second-order valence-electron chi connectivity index (χ2n) is 8.53. The van der Waals surface area contributed by atoms with Crippen molar-refractivity contribution in [2.45, 2.75) is 25.3 Å². The lowest BCUT2D eigenvalue weighted by molar-refractivity contribution is -0.142. The highest BCUT2D eigenvalue weighted by molar-refractivity contribution is 6.39. The molecule has 3 aromatic carbocycles. The summed E-state index contributed by atoms with van der Waals surface area (Å²) >= 11 is 13.1. The third-order valence-corrected chi connectivity index (χ3v) is 6.35. The third kappa shape index (κ3) is 8.45. The molecule has 1 atom stereocenters. The molecule has 8 nitrogen and oxygen atoms in total. The fourth-order valence-electron chi connectivity index (χ4n) is 3.71. The lowest BCUT2D eigenvalue weighted by Gasteiger charge is -2.20. The van der Waals surface area contributed by atoms with E-state index in [1.807, 2.05) is 37.4 Å². The van der Waals surface area contributed by atoms with Crippen LogP contribution in [0.5, 0.6) is 11.5 Å². The second-order valence-corrected chi connectivity index (χ2v) is 9.32. The summed E-state index contributed by atoms with van der Waals surface area (Å²) in [6.07, 6.45) is 1.75. The van der Waals surface area contributed by atoms with Crippen molar-refractivity contribution in [3.8, 4) is 11.5 Å². The predicted octanol–water partition coefficient (Wildman–Crippen LogP) is 5.11. The van der Waals surface area contributed by atoms with Crippen LogP contribution in [0, 0.1) is 0 Å². The van der Waals surface area contributed by atoms with E-state index in [0.29, 0.717) is 6.61 Å². The van der Waals surface area contributed by atoms with Gasteiger partial charge >= 0.3 is 11.9 Å². The minimum atomic E-state index is -1.02. The molecule has 0 heterocycles. The molecule has 0 unspecified atom stereocenters. The highest BCUT2D eigenvalue weighted by Crippen LogP contribution is 2.43. The molecular weight excluding hydrogens is 543 g/mol. The van der Waals surface area contributed by atoms with Gasteiger partial charge in [-0.3, -0.25) is 4.79 Å². The number of amides is 1. The Balaban J connectivity index is 1.94. The standard InChI is InChI=1S/C29H30Cl2N2O6/c1-32-15-9-10-16-38-26-22(30)18-21(25(24(26)31)39-28(35)20-13-7-4-8-14-20)27(34)33-23(29(36)37-2)17-19-11-5-3-6-12-19/h3-8,11-14,18,23,32H,9-10,15-17H2,1-2H3,(H,33,34)/t23-/m0/s1. The summed E-state index contributed by atoms with van der Waals surface area (Å²) in [6.45, 7) is 1.12. The van der Waals surface area contributed by atoms with Crippen molar-refractivity contribution in [2.24, 2.45) is 0 Å². The number of benzene rings is 3. The van der Waals surface area contributed by atoms with Crippen LogP contribution in [-0.4, -0.2) is 51.2 Å². The van der Waals surface area contributed by atoms with E-state index < -0.39 is 23.9 Å². The van der Waals surface area contributed by atoms with Crippen molar-refractivity contribution in [1.82, 2.24) is 10.6 Å². The van der Waals surface area contributed by atoms with E-state index in [9.17, 15) is 14.4 Å². The number of ether oxygens (including phenoxy) is 3. The molecule has 10 heteroatoms. The molecule has 0 saturated carbocycles. The number of unbranched alkanes of at least 4 members (excludes halogenated alkanes) is 1. The Morgan fingerprint density at radius 2 is 1.59 bits per heavy atom. The molecule has 2 N–H and O–H groups in total. The van der Waals surface area contributed by atoms with E-state index in [0.717, 1.165) is 24.9 Å². The van der Waals surface area contributed by atoms with Crippen LogP contribution in [0.2, 0.25) is 10.0 Å². The van der Waals surface area contributed by atoms with Crippen LogP contribution < -0.4 is 20.1 Å². The zero-order valence-electron chi connectivity index (χ0n) is 21.7. The Labute approximate surface area is 237 Å². The highest BCUT2D eigenvalue weighted by atomic mass is 35.5. The largest absolute Gasteiger partial charge is 0.490 e. The normalized spacial score (nSPS) is 11.4. The molecule has 39 heavy (non-hydrogen) atoms. The first-order valence-corrected chi connectivity index (χ1v) is 13.1. The Kier molecular flexibility index (Phi) is 11.6. The number of carbonyl (C=O) groups excluding carboxylic acids is 3. The number of carbonyl (C=O) groups is 3. The van der Waals surface area contributed by atoms with E-state index in [1.165, 1.54) is 13.2 Å². The lowest BCUT2D eigenvalue weighted by Crippen LogP contribution is -2.43. The summed E-state index contributed by atoms with van der Waals surface area (Å²) in [5.74, 6) is -2.26. The Morgan fingerprint density at radius 1 is 0.923 bits per heavy atom. The molecule has 0 bridgehead atoms. The summed E-state index contributed by atoms with van der Waals surface area (Å²) < 4.78 is 16.3. The first-order chi connectivity index (χ1) is 18.8. The summed E-state index contributed by atoms with van der Waals surface area (Å²) in [5, 5.41) is 5.63. The molecule has 0 aliphatic heterocycles.